The average molecular weight is 264 g/mol. The number of hydrogen-bond donors (Lipinski definition) is 1. The van der Waals surface area contributed by atoms with Gasteiger partial charge >= 0.3 is 0 Å². The summed E-state index contributed by atoms with van der Waals surface area (Å²) in [6, 6.07) is 1.31. The molecule has 0 aliphatic carbocycles. The molecular formula is C14H17FN2O2. The molecule has 2 rings (SSSR count). The van der Waals surface area contributed by atoms with Gasteiger partial charge < -0.3 is 10.0 Å². The van der Waals surface area contributed by atoms with Crippen LogP contribution in [-0.4, -0.2) is 40.1 Å². The lowest BCUT2D eigenvalue weighted by atomic mass is 9.96. The monoisotopic (exact) mass is 264 g/mol. The minimum absolute atomic E-state index is 0.171. The van der Waals surface area contributed by atoms with Crippen molar-refractivity contribution < 1.29 is 14.3 Å². The fourth-order valence-electron chi connectivity index (χ4n) is 2.04. The molecular weight excluding hydrogens is 247 g/mol. The van der Waals surface area contributed by atoms with Gasteiger partial charge in [0, 0.05) is 25.4 Å². The van der Waals surface area contributed by atoms with Crippen LogP contribution in [0.4, 0.5) is 4.39 Å². The van der Waals surface area contributed by atoms with Crippen molar-refractivity contribution in [3.63, 3.8) is 0 Å². The van der Waals surface area contributed by atoms with Crippen molar-refractivity contribution in [1.82, 2.24) is 9.88 Å². The number of pyridine rings is 1. The lowest BCUT2D eigenvalue weighted by Gasteiger charge is -2.33. The molecule has 1 aliphatic heterocycles. The Morgan fingerprint density at radius 2 is 2.37 bits per heavy atom. The largest absolute Gasteiger partial charge is 0.391 e. The Kier molecular flexibility index (Phi) is 4.27. The van der Waals surface area contributed by atoms with Crippen LogP contribution in [0, 0.1) is 11.7 Å². The van der Waals surface area contributed by atoms with Crippen LogP contribution in [0.1, 0.15) is 18.9 Å². The Bertz CT molecular complexity index is 490. The van der Waals surface area contributed by atoms with Crippen molar-refractivity contribution in [1.29, 1.82) is 0 Å². The van der Waals surface area contributed by atoms with E-state index in [0.717, 1.165) is 12.6 Å². The Morgan fingerprint density at radius 3 is 3.05 bits per heavy atom. The first-order valence-electron chi connectivity index (χ1n) is 6.32. The van der Waals surface area contributed by atoms with Gasteiger partial charge in [0.1, 0.15) is 5.82 Å². The predicted octanol–water partition coefficient (Wildman–Crippen LogP) is 1.46. The number of piperidine rings is 1. The van der Waals surface area contributed by atoms with Crippen LogP contribution in [0.2, 0.25) is 0 Å². The molecule has 0 bridgehead atoms. The predicted molar refractivity (Wildman–Crippen MR) is 69.6 cm³/mol. The molecule has 0 spiro atoms. The second-order valence-electron chi connectivity index (χ2n) is 4.89. The molecule has 0 saturated carbocycles. The fourth-order valence-corrected chi connectivity index (χ4v) is 2.04. The smallest absolute Gasteiger partial charge is 0.246 e. The molecule has 2 unspecified atom stereocenters. The van der Waals surface area contributed by atoms with E-state index >= 15 is 0 Å². The van der Waals surface area contributed by atoms with Gasteiger partial charge in [0.2, 0.25) is 5.91 Å². The Hall–Kier alpha value is -1.75. The minimum atomic E-state index is -0.470. The number of likely N-dealkylation sites (tertiary alicyclic amines) is 1. The highest BCUT2D eigenvalue weighted by Crippen LogP contribution is 2.17. The van der Waals surface area contributed by atoms with Gasteiger partial charge in [0.15, 0.2) is 0 Å². The first-order chi connectivity index (χ1) is 9.06. The van der Waals surface area contributed by atoms with Gasteiger partial charge in [-0.25, -0.2) is 4.39 Å². The van der Waals surface area contributed by atoms with E-state index in [-0.39, 0.29) is 11.8 Å². The summed E-state index contributed by atoms with van der Waals surface area (Å²) in [6.45, 7) is 2.97. The number of rotatable bonds is 2. The molecule has 1 amide bonds. The van der Waals surface area contributed by atoms with Crippen LogP contribution < -0.4 is 0 Å². The first-order valence-corrected chi connectivity index (χ1v) is 6.32. The maximum Gasteiger partial charge on any atom is 0.246 e. The summed E-state index contributed by atoms with van der Waals surface area (Å²) < 4.78 is 12.9. The van der Waals surface area contributed by atoms with E-state index in [1.54, 1.807) is 4.90 Å². The summed E-state index contributed by atoms with van der Waals surface area (Å²) in [5.74, 6) is -0.382. The second-order valence-corrected chi connectivity index (χ2v) is 4.89. The van der Waals surface area contributed by atoms with Crippen molar-refractivity contribution in [3.05, 3.63) is 35.9 Å². The number of carbonyl (C=O) groups excluding carboxylic acids is 1. The van der Waals surface area contributed by atoms with E-state index in [2.05, 4.69) is 4.98 Å². The topological polar surface area (TPSA) is 53.4 Å². The third-order valence-corrected chi connectivity index (χ3v) is 3.37. The molecule has 0 aromatic carbocycles. The zero-order valence-corrected chi connectivity index (χ0v) is 10.8. The molecule has 5 heteroatoms. The Labute approximate surface area is 111 Å². The van der Waals surface area contributed by atoms with E-state index < -0.39 is 11.9 Å². The van der Waals surface area contributed by atoms with Crippen LogP contribution in [0.3, 0.4) is 0 Å². The van der Waals surface area contributed by atoms with E-state index in [1.807, 2.05) is 6.92 Å². The Morgan fingerprint density at radius 1 is 1.58 bits per heavy atom. The standard InChI is InChI=1S/C14H17FN2O2/c1-10-4-5-17(9-13(10)18)14(19)3-2-11-6-12(15)8-16-7-11/h2-3,6-8,10,13,18H,4-5,9H2,1H3/b3-2+. The number of hydrogen-bond acceptors (Lipinski definition) is 3. The third kappa shape index (κ3) is 3.61. The summed E-state index contributed by atoms with van der Waals surface area (Å²) in [5, 5.41) is 9.74. The number of halogens is 1. The van der Waals surface area contributed by atoms with Gasteiger partial charge in [-0.2, -0.15) is 0 Å². The maximum absolute atomic E-state index is 12.9. The normalized spacial score (nSPS) is 23.8. The van der Waals surface area contributed by atoms with Crippen LogP contribution in [0.15, 0.2) is 24.5 Å². The summed E-state index contributed by atoms with van der Waals surface area (Å²) in [4.78, 5) is 17.2. The fraction of sp³-hybridized carbons (Fsp3) is 0.429. The van der Waals surface area contributed by atoms with E-state index in [9.17, 15) is 14.3 Å². The SMILES string of the molecule is CC1CCN(C(=O)/C=C/c2cncc(F)c2)CC1O. The summed E-state index contributed by atoms with van der Waals surface area (Å²) >= 11 is 0. The Balaban J connectivity index is 1.97. The van der Waals surface area contributed by atoms with Gasteiger partial charge in [-0.1, -0.05) is 6.92 Å². The van der Waals surface area contributed by atoms with Gasteiger partial charge in [-0.15, -0.1) is 0 Å². The number of aliphatic hydroxyl groups is 1. The zero-order valence-electron chi connectivity index (χ0n) is 10.8. The molecule has 2 atom stereocenters. The zero-order chi connectivity index (χ0) is 13.8. The van der Waals surface area contributed by atoms with Gasteiger partial charge in [-0.3, -0.25) is 9.78 Å². The third-order valence-electron chi connectivity index (χ3n) is 3.37. The highest BCUT2D eigenvalue weighted by atomic mass is 19.1. The molecule has 2 heterocycles. The summed E-state index contributed by atoms with van der Waals surface area (Å²) in [6.07, 6.45) is 5.84. The lowest BCUT2D eigenvalue weighted by molar-refractivity contribution is -0.130. The minimum Gasteiger partial charge on any atom is -0.391 e. The number of amides is 1. The highest BCUT2D eigenvalue weighted by Gasteiger charge is 2.26. The first kappa shape index (κ1) is 13.7. The molecule has 1 aromatic rings. The molecule has 1 fully saturated rings. The van der Waals surface area contributed by atoms with Crippen molar-refractivity contribution in [2.45, 2.75) is 19.4 Å². The molecule has 102 valence electrons. The van der Waals surface area contributed by atoms with Crippen molar-refractivity contribution in [2.75, 3.05) is 13.1 Å². The lowest BCUT2D eigenvalue weighted by Crippen LogP contribution is -2.45. The average Bonchev–Trinajstić information content (AvgIpc) is 2.39. The number of carbonyl (C=O) groups is 1. The number of aliphatic hydroxyl groups excluding tert-OH is 1. The second kappa shape index (κ2) is 5.93. The van der Waals surface area contributed by atoms with E-state index in [1.165, 1.54) is 24.4 Å². The highest BCUT2D eigenvalue weighted by molar-refractivity contribution is 5.91. The number of aromatic nitrogens is 1. The van der Waals surface area contributed by atoms with Crippen LogP contribution in [-0.2, 0) is 4.79 Å². The molecule has 1 aliphatic rings. The van der Waals surface area contributed by atoms with Gasteiger partial charge in [0.05, 0.1) is 12.3 Å². The van der Waals surface area contributed by atoms with Gasteiger partial charge in [-0.05, 0) is 30.0 Å². The maximum atomic E-state index is 12.9. The van der Waals surface area contributed by atoms with Crippen molar-refractivity contribution in [2.24, 2.45) is 5.92 Å². The van der Waals surface area contributed by atoms with E-state index in [0.29, 0.717) is 18.7 Å². The molecule has 19 heavy (non-hydrogen) atoms. The molecule has 4 nitrogen and oxygen atoms in total. The molecule has 1 N–H and O–H groups in total. The van der Waals surface area contributed by atoms with Crippen LogP contribution in [0.25, 0.3) is 6.08 Å². The molecule has 1 saturated heterocycles. The number of β-amino-alcohol motifs (C(OH)–C–C–N with tert-alkyl or cyclic N) is 1. The van der Waals surface area contributed by atoms with Gasteiger partial charge in [0.25, 0.3) is 0 Å². The summed E-state index contributed by atoms with van der Waals surface area (Å²) in [5.41, 5.74) is 0.541. The quantitative estimate of drug-likeness (QED) is 0.823. The molecule has 0 radical (unpaired) electrons. The van der Waals surface area contributed by atoms with Crippen LogP contribution in [0.5, 0.6) is 0 Å². The van der Waals surface area contributed by atoms with Crippen LogP contribution >= 0.6 is 0 Å². The summed E-state index contributed by atoms with van der Waals surface area (Å²) in [7, 11) is 0. The van der Waals surface area contributed by atoms with Crippen molar-refractivity contribution in [3.8, 4) is 0 Å². The molecule has 1 aromatic heterocycles. The van der Waals surface area contributed by atoms with Crippen molar-refractivity contribution >= 4 is 12.0 Å². The number of nitrogens with zero attached hydrogens (tertiary/aromatic N) is 2. The van der Waals surface area contributed by atoms with E-state index in [4.69, 9.17) is 0 Å².